The SMILES string of the molecule is Cc1ccc(C(=O)N2CCCN(S(=O)(=O)N(C)C)CC2)cc1C. The van der Waals surface area contributed by atoms with Gasteiger partial charge in [0.05, 0.1) is 0 Å². The topological polar surface area (TPSA) is 60.9 Å². The number of aryl methyl sites for hydroxylation is 2. The number of carbonyl (C=O) groups excluding carboxylic acids is 1. The first-order valence-corrected chi connectivity index (χ1v) is 9.17. The van der Waals surface area contributed by atoms with E-state index < -0.39 is 10.2 Å². The molecule has 6 nitrogen and oxygen atoms in total. The Morgan fingerprint density at radius 2 is 1.74 bits per heavy atom. The number of benzene rings is 1. The zero-order valence-electron chi connectivity index (χ0n) is 14.2. The second-order valence-corrected chi connectivity index (χ2v) is 8.28. The molecule has 1 saturated heterocycles. The van der Waals surface area contributed by atoms with E-state index in [1.807, 2.05) is 32.0 Å². The molecule has 0 N–H and O–H groups in total. The summed E-state index contributed by atoms with van der Waals surface area (Å²) in [7, 11) is -0.369. The third kappa shape index (κ3) is 3.91. The lowest BCUT2D eigenvalue weighted by Gasteiger charge is -2.24. The Morgan fingerprint density at radius 1 is 1.04 bits per heavy atom. The summed E-state index contributed by atoms with van der Waals surface area (Å²) in [5.74, 6) is -0.0304. The Bertz CT molecular complexity index is 686. The number of carbonyl (C=O) groups is 1. The Morgan fingerprint density at radius 3 is 2.35 bits per heavy atom. The van der Waals surface area contributed by atoms with Gasteiger partial charge in [-0.1, -0.05) is 6.07 Å². The zero-order valence-corrected chi connectivity index (χ0v) is 15.1. The minimum Gasteiger partial charge on any atom is -0.337 e. The minimum atomic E-state index is -3.42. The van der Waals surface area contributed by atoms with Crippen LogP contribution in [0.2, 0.25) is 0 Å². The van der Waals surface area contributed by atoms with Crippen LogP contribution in [-0.4, -0.2) is 68.1 Å². The van der Waals surface area contributed by atoms with Crippen molar-refractivity contribution in [3.63, 3.8) is 0 Å². The van der Waals surface area contributed by atoms with Crippen molar-refractivity contribution in [2.45, 2.75) is 20.3 Å². The lowest BCUT2D eigenvalue weighted by molar-refractivity contribution is 0.0764. The summed E-state index contributed by atoms with van der Waals surface area (Å²) >= 11 is 0. The van der Waals surface area contributed by atoms with E-state index in [-0.39, 0.29) is 5.91 Å². The van der Waals surface area contributed by atoms with Crippen molar-refractivity contribution in [3.05, 3.63) is 34.9 Å². The molecule has 1 fully saturated rings. The van der Waals surface area contributed by atoms with Gasteiger partial charge < -0.3 is 4.90 Å². The van der Waals surface area contributed by atoms with E-state index >= 15 is 0 Å². The van der Waals surface area contributed by atoms with Gasteiger partial charge in [0.15, 0.2) is 0 Å². The molecule has 1 aromatic rings. The van der Waals surface area contributed by atoms with Crippen molar-refractivity contribution >= 4 is 16.1 Å². The van der Waals surface area contributed by atoms with Crippen LogP contribution in [-0.2, 0) is 10.2 Å². The van der Waals surface area contributed by atoms with Crippen molar-refractivity contribution in [1.82, 2.24) is 13.5 Å². The second kappa shape index (κ2) is 6.98. The van der Waals surface area contributed by atoms with Gasteiger partial charge in [-0.15, -0.1) is 0 Å². The highest BCUT2D eigenvalue weighted by Crippen LogP contribution is 2.15. The van der Waals surface area contributed by atoms with Crippen LogP contribution < -0.4 is 0 Å². The van der Waals surface area contributed by atoms with Gasteiger partial charge in [-0.05, 0) is 43.5 Å². The van der Waals surface area contributed by atoms with Gasteiger partial charge in [0.25, 0.3) is 16.1 Å². The van der Waals surface area contributed by atoms with E-state index in [1.54, 1.807) is 4.90 Å². The van der Waals surface area contributed by atoms with Gasteiger partial charge in [-0.3, -0.25) is 4.79 Å². The van der Waals surface area contributed by atoms with E-state index in [0.29, 0.717) is 38.2 Å². The fourth-order valence-electron chi connectivity index (χ4n) is 2.62. The van der Waals surface area contributed by atoms with E-state index in [9.17, 15) is 13.2 Å². The molecular weight excluding hydrogens is 314 g/mol. The third-order valence-electron chi connectivity index (χ3n) is 4.28. The van der Waals surface area contributed by atoms with Crippen LogP contribution >= 0.6 is 0 Å². The maximum Gasteiger partial charge on any atom is 0.281 e. The summed E-state index contributed by atoms with van der Waals surface area (Å²) in [4.78, 5) is 14.4. The average molecular weight is 339 g/mol. The summed E-state index contributed by atoms with van der Waals surface area (Å²) in [6, 6.07) is 5.68. The lowest BCUT2D eigenvalue weighted by atomic mass is 10.1. The first-order valence-electron chi connectivity index (χ1n) is 7.77. The van der Waals surface area contributed by atoms with Gasteiger partial charge in [0.1, 0.15) is 0 Å². The molecule has 1 heterocycles. The van der Waals surface area contributed by atoms with Crippen LogP contribution in [0.5, 0.6) is 0 Å². The van der Waals surface area contributed by atoms with Gasteiger partial charge in [0.2, 0.25) is 0 Å². The first-order chi connectivity index (χ1) is 10.7. The highest BCUT2D eigenvalue weighted by atomic mass is 32.2. The van der Waals surface area contributed by atoms with Crippen molar-refractivity contribution in [2.75, 3.05) is 40.3 Å². The Balaban J connectivity index is 2.11. The van der Waals surface area contributed by atoms with Crippen LogP contribution in [0.1, 0.15) is 27.9 Å². The molecule has 1 aromatic carbocycles. The zero-order chi connectivity index (χ0) is 17.2. The number of hydrogen-bond donors (Lipinski definition) is 0. The molecule has 0 saturated carbocycles. The van der Waals surface area contributed by atoms with E-state index in [4.69, 9.17) is 0 Å². The molecule has 128 valence electrons. The van der Waals surface area contributed by atoms with Crippen LogP contribution in [0.25, 0.3) is 0 Å². The van der Waals surface area contributed by atoms with E-state index in [2.05, 4.69) is 0 Å². The van der Waals surface area contributed by atoms with Gasteiger partial charge in [-0.2, -0.15) is 17.0 Å². The van der Waals surface area contributed by atoms with Crippen molar-refractivity contribution in [2.24, 2.45) is 0 Å². The molecule has 1 aliphatic heterocycles. The van der Waals surface area contributed by atoms with Gasteiger partial charge >= 0.3 is 0 Å². The van der Waals surface area contributed by atoms with Crippen molar-refractivity contribution < 1.29 is 13.2 Å². The molecule has 1 amide bonds. The highest BCUT2D eigenvalue weighted by Gasteiger charge is 2.28. The Kier molecular flexibility index (Phi) is 5.44. The minimum absolute atomic E-state index is 0.0304. The molecule has 0 aromatic heterocycles. The molecule has 0 bridgehead atoms. The Labute approximate surface area is 138 Å². The van der Waals surface area contributed by atoms with Crippen molar-refractivity contribution in [3.8, 4) is 0 Å². The Hall–Kier alpha value is -1.44. The van der Waals surface area contributed by atoms with E-state index in [0.717, 1.165) is 11.1 Å². The smallest absolute Gasteiger partial charge is 0.281 e. The maximum absolute atomic E-state index is 12.7. The van der Waals surface area contributed by atoms with Crippen molar-refractivity contribution in [1.29, 1.82) is 0 Å². The normalized spacial score (nSPS) is 17.3. The molecule has 2 rings (SSSR count). The summed E-state index contributed by atoms with van der Waals surface area (Å²) < 4.78 is 27.1. The fraction of sp³-hybridized carbons (Fsp3) is 0.562. The van der Waals surface area contributed by atoms with Crippen LogP contribution in [0, 0.1) is 13.8 Å². The predicted molar refractivity (Wildman–Crippen MR) is 90.6 cm³/mol. The third-order valence-corrected chi connectivity index (χ3v) is 6.22. The maximum atomic E-state index is 12.7. The van der Waals surface area contributed by atoms with Crippen LogP contribution in [0.3, 0.4) is 0 Å². The van der Waals surface area contributed by atoms with Gasteiger partial charge in [0, 0.05) is 45.8 Å². The number of amides is 1. The number of nitrogens with zero attached hydrogens (tertiary/aromatic N) is 3. The standard InChI is InChI=1S/C16H25N3O3S/c1-13-6-7-15(12-14(13)2)16(20)18-8-5-9-19(11-10-18)23(21,22)17(3)4/h6-7,12H,5,8-11H2,1-4H3. The molecule has 1 aliphatic rings. The fourth-order valence-corrected chi connectivity index (χ4v) is 3.75. The number of hydrogen-bond acceptors (Lipinski definition) is 3. The summed E-state index contributed by atoms with van der Waals surface area (Å²) in [5.41, 5.74) is 2.90. The highest BCUT2D eigenvalue weighted by molar-refractivity contribution is 7.86. The number of rotatable bonds is 3. The molecule has 0 radical (unpaired) electrons. The molecule has 0 unspecified atom stereocenters. The largest absolute Gasteiger partial charge is 0.337 e. The van der Waals surface area contributed by atoms with E-state index in [1.165, 1.54) is 22.7 Å². The molecule has 0 aliphatic carbocycles. The summed E-state index contributed by atoms with van der Waals surface area (Å²) in [6.45, 7) is 5.76. The molecular formula is C16H25N3O3S. The summed E-state index contributed by atoms with van der Waals surface area (Å²) in [6.07, 6.45) is 0.643. The molecule has 0 atom stereocenters. The van der Waals surface area contributed by atoms with Crippen LogP contribution in [0.15, 0.2) is 18.2 Å². The monoisotopic (exact) mass is 339 g/mol. The molecule has 0 spiro atoms. The second-order valence-electron chi connectivity index (χ2n) is 6.13. The lowest BCUT2D eigenvalue weighted by Crippen LogP contribution is -2.42. The predicted octanol–water partition coefficient (Wildman–Crippen LogP) is 1.26. The molecule has 7 heteroatoms. The quantitative estimate of drug-likeness (QED) is 0.833. The van der Waals surface area contributed by atoms with Crippen LogP contribution in [0.4, 0.5) is 0 Å². The average Bonchev–Trinajstić information content (AvgIpc) is 2.75. The first kappa shape index (κ1) is 17.9. The summed E-state index contributed by atoms with van der Waals surface area (Å²) in [5, 5.41) is 0. The van der Waals surface area contributed by atoms with Gasteiger partial charge in [-0.25, -0.2) is 0 Å². The molecule has 23 heavy (non-hydrogen) atoms.